The number of likely N-dealkylation sites (N-methyl/N-ethyl adjacent to an activating group) is 1. The normalized spacial score (nSPS) is 21.5. The first kappa shape index (κ1) is 18.1. The Labute approximate surface area is 148 Å². The van der Waals surface area contributed by atoms with Crippen molar-refractivity contribution in [3.63, 3.8) is 0 Å². The van der Waals surface area contributed by atoms with Gasteiger partial charge in [-0.2, -0.15) is 0 Å². The second-order valence-electron chi connectivity index (χ2n) is 6.00. The minimum Gasteiger partial charge on any atom is -0.495 e. The molecule has 1 aliphatic heterocycles. The molecule has 2 N–H and O–H groups in total. The second kappa shape index (κ2) is 7.13. The van der Waals surface area contributed by atoms with E-state index in [1.165, 1.54) is 0 Å². The van der Waals surface area contributed by atoms with Crippen LogP contribution in [0.2, 0.25) is 0 Å². The van der Waals surface area contributed by atoms with Gasteiger partial charge in [0.25, 0.3) is 0 Å². The van der Waals surface area contributed by atoms with Crippen LogP contribution in [0.15, 0.2) is 36.7 Å². The third-order valence-corrected chi connectivity index (χ3v) is 4.63. The third kappa shape index (κ3) is 3.48. The van der Waals surface area contributed by atoms with Crippen LogP contribution in [0.3, 0.4) is 0 Å². The Bertz CT molecular complexity index is 713. The molecule has 0 aliphatic carbocycles. The van der Waals surface area contributed by atoms with Crippen LogP contribution in [-0.4, -0.2) is 46.4 Å². The van der Waals surface area contributed by atoms with Crippen molar-refractivity contribution >= 4 is 28.6 Å². The largest absolute Gasteiger partial charge is 0.495 e. The van der Waals surface area contributed by atoms with E-state index in [1.54, 1.807) is 19.5 Å². The average Bonchev–Trinajstić information content (AvgIpc) is 2.57. The molecule has 0 amide bonds. The molecular weight excluding hydrogens is 320 g/mol. The van der Waals surface area contributed by atoms with Gasteiger partial charge in [0.15, 0.2) is 0 Å². The highest BCUT2D eigenvalue weighted by molar-refractivity contribution is 7.80. The van der Waals surface area contributed by atoms with Crippen LogP contribution in [0, 0.1) is 5.41 Å². The molecule has 1 saturated heterocycles. The molecule has 1 aromatic rings. The number of nitrogens with zero attached hydrogens (tertiary/aromatic N) is 2. The number of hydrogen-bond acceptors (Lipinski definition) is 4. The maximum absolute atomic E-state index is 8.53. The maximum atomic E-state index is 8.53. The van der Waals surface area contributed by atoms with Crippen molar-refractivity contribution in [2.75, 3.05) is 20.2 Å². The van der Waals surface area contributed by atoms with Crippen LogP contribution >= 0.6 is 12.2 Å². The topological polar surface area (TPSA) is 61.2 Å². The number of aromatic nitrogens is 1. The molecule has 0 radical (unpaired) electrons. The van der Waals surface area contributed by atoms with Crippen molar-refractivity contribution in [3.8, 4) is 5.75 Å². The van der Waals surface area contributed by atoms with Gasteiger partial charge in [-0.15, -0.1) is 0 Å². The average molecular weight is 344 g/mol. The van der Waals surface area contributed by atoms with E-state index < -0.39 is 5.54 Å². The zero-order valence-corrected chi connectivity index (χ0v) is 15.5. The zero-order chi connectivity index (χ0) is 17.9. The summed E-state index contributed by atoms with van der Waals surface area (Å²) >= 11 is 5.38. The number of methoxy groups -OCH3 is 1. The standard InChI is InChI=1S/C18H24N4OS/c1-6-22-11-16(24)21-18(4,17(22)19)13(3)7-12(2)14-8-15(23-5)10-20-9-14/h7-10,19H,2,6,11H2,1,3-5H3,(H,21,24). The van der Waals surface area contributed by atoms with Crippen LogP contribution in [0.1, 0.15) is 26.3 Å². The number of piperazine rings is 1. The Balaban J connectivity index is 2.32. The smallest absolute Gasteiger partial charge is 0.137 e. The van der Waals surface area contributed by atoms with E-state index in [0.717, 1.165) is 28.2 Å². The summed E-state index contributed by atoms with van der Waals surface area (Å²) in [4.78, 5) is 6.89. The quantitative estimate of drug-likeness (QED) is 0.635. The van der Waals surface area contributed by atoms with Crippen LogP contribution in [-0.2, 0) is 0 Å². The first-order valence-corrected chi connectivity index (χ1v) is 8.24. The molecule has 0 saturated carbocycles. The minimum absolute atomic E-state index is 0.518. The molecule has 128 valence electrons. The first-order valence-electron chi connectivity index (χ1n) is 7.84. The van der Waals surface area contributed by atoms with E-state index >= 15 is 0 Å². The SMILES string of the molecule is C=C(C=C(C)C1(C)NC(=S)CN(CC)C1=N)c1cncc(OC)c1. The molecule has 1 fully saturated rings. The number of thiocarbonyl (C=S) groups is 1. The molecule has 24 heavy (non-hydrogen) atoms. The van der Waals surface area contributed by atoms with Gasteiger partial charge in [0.2, 0.25) is 0 Å². The molecule has 1 aliphatic rings. The predicted molar refractivity (Wildman–Crippen MR) is 103 cm³/mol. The summed E-state index contributed by atoms with van der Waals surface area (Å²) in [5.74, 6) is 1.21. The van der Waals surface area contributed by atoms with E-state index in [-0.39, 0.29) is 0 Å². The fourth-order valence-corrected chi connectivity index (χ4v) is 3.06. The molecule has 0 spiro atoms. The molecule has 1 unspecified atom stereocenters. The number of amidine groups is 1. The number of nitrogens with one attached hydrogen (secondary N) is 2. The summed E-state index contributed by atoms with van der Waals surface area (Å²) < 4.78 is 5.21. The number of allylic oxidation sites excluding steroid dienone is 2. The van der Waals surface area contributed by atoms with E-state index in [4.69, 9.17) is 22.4 Å². The van der Waals surface area contributed by atoms with Gasteiger partial charge in [-0.25, -0.2) is 0 Å². The number of rotatable bonds is 5. The zero-order valence-electron chi connectivity index (χ0n) is 14.6. The Morgan fingerprint density at radius 3 is 2.92 bits per heavy atom. The molecule has 6 heteroatoms. The van der Waals surface area contributed by atoms with Crippen LogP contribution in [0.5, 0.6) is 5.75 Å². The lowest BCUT2D eigenvalue weighted by Gasteiger charge is -2.44. The molecule has 1 atom stereocenters. The molecule has 1 aromatic heterocycles. The van der Waals surface area contributed by atoms with Crippen molar-refractivity contribution in [3.05, 3.63) is 42.3 Å². The summed E-state index contributed by atoms with van der Waals surface area (Å²) in [7, 11) is 1.61. The van der Waals surface area contributed by atoms with E-state index in [1.807, 2.05) is 37.8 Å². The third-order valence-electron chi connectivity index (χ3n) is 4.39. The van der Waals surface area contributed by atoms with Gasteiger partial charge in [0.1, 0.15) is 17.1 Å². The van der Waals surface area contributed by atoms with E-state index in [2.05, 4.69) is 16.9 Å². The van der Waals surface area contributed by atoms with Gasteiger partial charge in [-0.05, 0) is 38.0 Å². The van der Waals surface area contributed by atoms with Gasteiger partial charge in [0, 0.05) is 18.3 Å². The lowest BCUT2D eigenvalue weighted by molar-refractivity contribution is 0.412. The molecule has 0 aromatic carbocycles. The van der Waals surface area contributed by atoms with Gasteiger partial charge in [0.05, 0.1) is 24.8 Å². The van der Waals surface area contributed by atoms with Gasteiger partial charge >= 0.3 is 0 Å². The molecular formula is C18H24N4OS. The number of hydrogen-bond donors (Lipinski definition) is 2. The minimum atomic E-state index is -0.638. The fraction of sp³-hybridized carbons (Fsp3) is 0.389. The Hall–Kier alpha value is -2.21. The van der Waals surface area contributed by atoms with E-state index in [9.17, 15) is 0 Å². The van der Waals surface area contributed by atoms with Crippen molar-refractivity contribution in [1.82, 2.24) is 15.2 Å². The molecule has 5 nitrogen and oxygen atoms in total. The highest BCUT2D eigenvalue weighted by Gasteiger charge is 2.39. The monoisotopic (exact) mass is 344 g/mol. The summed E-state index contributed by atoms with van der Waals surface area (Å²) in [5.41, 5.74) is 2.03. The van der Waals surface area contributed by atoms with Crippen LogP contribution in [0.4, 0.5) is 0 Å². The van der Waals surface area contributed by atoms with Gasteiger partial charge in [-0.1, -0.05) is 24.9 Å². The summed E-state index contributed by atoms with van der Waals surface area (Å²) in [5, 5.41) is 11.8. The molecule has 2 heterocycles. The fourth-order valence-electron chi connectivity index (χ4n) is 2.70. The highest BCUT2D eigenvalue weighted by atomic mass is 32.1. The van der Waals surface area contributed by atoms with Gasteiger partial charge < -0.3 is 15.0 Å². The summed E-state index contributed by atoms with van der Waals surface area (Å²) in [6, 6.07) is 1.89. The molecule has 2 rings (SSSR count). The molecule has 0 bridgehead atoms. The van der Waals surface area contributed by atoms with Crippen molar-refractivity contribution < 1.29 is 4.74 Å². The second-order valence-corrected chi connectivity index (χ2v) is 6.49. The summed E-state index contributed by atoms with van der Waals surface area (Å²) in [6.45, 7) is 11.5. The van der Waals surface area contributed by atoms with Crippen molar-refractivity contribution in [1.29, 1.82) is 5.41 Å². The van der Waals surface area contributed by atoms with E-state index in [0.29, 0.717) is 18.1 Å². The van der Waals surface area contributed by atoms with Crippen LogP contribution < -0.4 is 10.1 Å². The van der Waals surface area contributed by atoms with Crippen LogP contribution in [0.25, 0.3) is 5.57 Å². The Morgan fingerprint density at radius 1 is 1.58 bits per heavy atom. The first-order chi connectivity index (χ1) is 11.3. The number of ether oxygens (including phenoxy) is 1. The Kier molecular flexibility index (Phi) is 5.39. The highest BCUT2D eigenvalue weighted by Crippen LogP contribution is 2.27. The Morgan fingerprint density at radius 2 is 2.29 bits per heavy atom. The lowest BCUT2D eigenvalue weighted by Crippen LogP contribution is -2.64. The summed E-state index contributed by atoms with van der Waals surface area (Å²) in [6.07, 6.45) is 5.38. The van der Waals surface area contributed by atoms with Crippen molar-refractivity contribution in [2.45, 2.75) is 26.3 Å². The van der Waals surface area contributed by atoms with Crippen molar-refractivity contribution in [2.24, 2.45) is 0 Å². The number of pyridine rings is 1. The lowest BCUT2D eigenvalue weighted by atomic mass is 9.87. The predicted octanol–water partition coefficient (Wildman–Crippen LogP) is 3.04. The van der Waals surface area contributed by atoms with Gasteiger partial charge in [-0.3, -0.25) is 10.4 Å². The maximum Gasteiger partial charge on any atom is 0.137 e.